The Balaban J connectivity index is 1.54. The number of amides is 1. The number of carbonyl (C=O) groups excluding carboxylic acids is 1. The number of rotatable bonds is 6. The smallest absolute Gasteiger partial charge is 0.271 e. The van der Waals surface area contributed by atoms with E-state index in [4.69, 9.17) is 0 Å². The second-order valence-corrected chi connectivity index (χ2v) is 6.40. The predicted molar refractivity (Wildman–Crippen MR) is 97.5 cm³/mol. The van der Waals surface area contributed by atoms with Crippen LogP contribution in [0.15, 0.2) is 59.2 Å². The van der Waals surface area contributed by atoms with Gasteiger partial charge in [0.15, 0.2) is 5.16 Å². The van der Waals surface area contributed by atoms with Crippen molar-refractivity contribution in [3.63, 3.8) is 0 Å². The lowest BCUT2D eigenvalue weighted by Crippen LogP contribution is -2.17. The summed E-state index contributed by atoms with van der Waals surface area (Å²) in [7, 11) is 3.83. The number of aryl methyl sites for hydroxylation is 2. The molecular formula is C17H18N6OS. The number of hydrogen-bond acceptors (Lipinski definition) is 5. The normalized spacial score (nSPS) is 11.1. The standard InChI is InChI=1S/C17H18N6OS/c1-22-9-3-4-15(22)10-18-20-16(24)14-7-5-13(6-8-14)11-25-17-21-19-12-23(17)2/h3-10,12H,11H2,1-2H3,(H,20,24)/b18-10+. The van der Waals surface area contributed by atoms with Crippen LogP contribution in [0.5, 0.6) is 0 Å². The van der Waals surface area contributed by atoms with E-state index in [1.165, 1.54) is 0 Å². The maximum Gasteiger partial charge on any atom is 0.271 e. The van der Waals surface area contributed by atoms with Crippen LogP contribution in [0.3, 0.4) is 0 Å². The zero-order valence-corrected chi connectivity index (χ0v) is 14.8. The molecule has 128 valence electrons. The van der Waals surface area contributed by atoms with E-state index in [9.17, 15) is 4.79 Å². The fourth-order valence-electron chi connectivity index (χ4n) is 2.13. The Morgan fingerprint density at radius 1 is 1.24 bits per heavy atom. The Morgan fingerprint density at radius 2 is 2.04 bits per heavy atom. The van der Waals surface area contributed by atoms with Crippen LogP contribution in [0.25, 0.3) is 0 Å². The third kappa shape index (κ3) is 4.36. The van der Waals surface area contributed by atoms with E-state index in [0.29, 0.717) is 5.56 Å². The first-order valence-electron chi connectivity index (χ1n) is 7.64. The molecule has 0 aliphatic rings. The quantitative estimate of drug-likeness (QED) is 0.418. The zero-order valence-electron chi connectivity index (χ0n) is 14.0. The van der Waals surface area contributed by atoms with Gasteiger partial charge >= 0.3 is 0 Å². The Labute approximate surface area is 149 Å². The van der Waals surface area contributed by atoms with Gasteiger partial charge < -0.3 is 9.13 Å². The fourth-order valence-corrected chi connectivity index (χ4v) is 2.98. The van der Waals surface area contributed by atoms with Gasteiger partial charge in [-0.15, -0.1) is 10.2 Å². The Bertz CT molecular complexity index is 881. The molecule has 0 fully saturated rings. The largest absolute Gasteiger partial charge is 0.350 e. The molecule has 3 rings (SSSR count). The first-order chi connectivity index (χ1) is 12.1. The summed E-state index contributed by atoms with van der Waals surface area (Å²) in [6.45, 7) is 0. The summed E-state index contributed by atoms with van der Waals surface area (Å²) >= 11 is 1.60. The molecule has 0 aliphatic carbocycles. The molecule has 2 aromatic heterocycles. The van der Waals surface area contributed by atoms with Crippen molar-refractivity contribution in [2.75, 3.05) is 0 Å². The zero-order chi connectivity index (χ0) is 17.6. The molecule has 0 bridgehead atoms. The van der Waals surface area contributed by atoms with Gasteiger partial charge in [-0.2, -0.15) is 5.10 Å². The van der Waals surface area contributed by atoms with Crippen LogP contribution in [0.4, 0.5) is 0 Å². The lowest BCUT2D eigenvalue weighted by molar-refractivity contribution is 0.0955. The maximum absolute atomic E-state index is 12.1. The minimum atomic E-state index is -0.238. The van der Waals surface area contributed by atoms with Crippen LogP contribution < -0.4 is 5.43 Å². The fraction of sp³-hybridized carbons (Fsp3) is 0.176. The highest BCUT2D eigenvalue weighted by Gasteiger charge is 2.06. The molecule has 8 heteroatoms. The van der Waals surface area contributed by atoms with Crippen molar-refractivity contribution < 1.29 is 4.79 Å². The van der Waals surface area contributed by atoms with Crippen molar-refractivity contribution in [3.05, 3.63) is 65.7 Å². The molecule has 1 N–H and O–H groups in total. The first-order valence-corrected chi connectivity index (χ1v) is 8.62. The number of hydrazone groups is 1. The van der Waals surface area contributed by atoms with Crippen LogP contribution in [-0.2, 0) is 19.8 Å². The first kappa shape index (κ1) is 17.0. The molecule has 0 aliphatic heterocycles. The minimum absolute atomic E-state index is 0.238. The van der Waals surface area contributed by atoms with E-state index in [1.54, 1.807) is 36.4 Å². The molecular weight excluding hydrogens is 336 g/mol. The molecule has 25 heavy (non-hydrogen) atoms. The lowest BCUT2D eigenvalue weighted by Gasteiger charge is -2.03. The van der Waals surface area contributed by atoms with Crippen molar-refractivity contribution in [2.45, 2.75) is 10.9 Å². The SMILES string of the molecule is Cn1cccc1/C=N/NC(=O)c1ccc(CSc2nncn2C)cc1. The Hall–Kier alpha value is -2.87. The van der Waals surface area contributed by atoms with E-state index >= 15 is 0 Å². The number of thioether (sulfide) groups is 1. The highest BCUT2D eigenvalue weighted by molar-refractivity contribution is 7.98. The molecule has 2 heterocycles. The molecule has 0 radical (unpaired) electrons. The second kappa shape index (κ2) is 7.80. The van der Waals surface area contributed by atoms with Gasteiger partial charge in [0.2, 0.25) is 0 Å². The number of aromatic nitrogens is 4. The molecule has 3 aromatic rings. The van der Waals surface area contributed by atoms with Crippen LogP contribution in [0.1, 0.15) is 21.6 Å². The monoisotopic (exact) mass is 354 g/mol. The summed E-state index contributed by atoms with van der Waals surface area (Å²) in [4.78, 5) is 12.1. The number of nitrogens with zero attached hydrogens (tertiary/aromatic N) is 5. The average Bonchev–Trinajstić information content (AvgIpc) is 3.22. The van der Waals surface area contributed by atoms with E-state index < -0.39 is 0 Å². The van der Waals surface area contributed by atoms with E-state index in [2.05, 4.69) is 20.7 Å². The molecule has 0 spiro atoms. The molecule has 0 saturated heterocycles. The van der Waals surface area contributed by atoms with Crippen LogP contribution in [-0.4, -0.2) is 31.5 Å². The van der Waals surface area contributed by atoms with Gasteiger partial charge in [-0.25, -0.2) is 5.43 Å². The van der Waals surface area contributed by atoms with Gasteiger partial charge in [0.1, 0.15) is 6.33 Å². The van der Waals surface area contributed by atoms with Crippen molar-refractivity contribution in [2.24, 2.45) is 19.2 Å². The molecule has 0 saturated carbocycles. The number of carbonyl (C=O) groups is 1. The van der Waals surface area contributed by atoms with Gasteiger partial charge in [-0.1, -0.05) is 23.9 Å². The Kier molecular flexibility index (Phi) is 5.30. The third-order valence-corrected chi connectivity index (χ3v) is 4.71. The summed E-state index contributed by atoms with van der Waals surface area (Å²) in [5.74, 6) is 0.526. The van der Waals surface area contributed by atoms with Crippen molar-refractivity contribution >= 4 is 23.9 Å². The summed E-state index contributed by atoms with van der Waals surface area (Å²) in [5.41, 5.74) is 5.12. The third-order valence-electron chi connectivity index (χ3n) is 3.60. The molecule has 7 nitrogen and oxygen atoms in total. The molecule has 1 aromatic carbocycles. The van der Waals surface area contributed by atoms with E-state index in [0.717, 1.165) is 22.2 Å². The maximum atomic E-state index is 12.1. The summed E-state index contributed by atoms with van der Waals surface area (Å²) in [6, 6.07) is 11.3. The second-order valence-electron chi connectivity index (χ2n) is 5.45. The highest BCUT2D eigenvalue weighted by atomic mass is 32.2. The van der Waals surface area contributed by atoms with Gasteiger partial charge in [0.25, 0.3) is 5.91 Å². The van der Waals surface area contributed by atoms with Gasteiger partial charge in [0, 0.05) is 31.6 Å². The van der Waals surface area contributed by atoms with Crippen molar-refractivity contribution in [1.29, 1.82) is 0 Å². The average molecular weight is 354 g/mol. The summed E-state index contributed by atoms with van der Waals surface area (Å²) in [5, 5.41) is 12.7. The molecule has 0 unspecified atom stereocenters. The molecule has 1 amide bonds. The van der Waals surface area contributed by atoms with Crippen molar-refractivity contribution in [1.82, 2.24) is 24.8 Å². The minimum Gasteiger partial charge on any atom is -0.350 e. The number of benzene rings is 1. The molecule has 0 atom stereocenters. The van der Waals surface area contributed by atoms with E-state index in [1.807, 2.05) is 53.7 Å². The van der Waals surface area contributed by atoms with Crippen LogP contribution in [0.2, 0.25) is 0 Å². The van der Waals surface area contributed by atoms with Gasteiger partial charge in [-0.3, -0.25) is 4.79 Å². The van der Waals surface area contributed by atoms with Crippen LogP contribution >= 0.6 is 11.8 Å². The summed E-state index contributed by atoms with van der Waals surface area (Å²) < 4.78 is 3.79. The van der Waals surface area contributed by atoms with E-state index in [-0.39, 0.29) is 5.91 Å². The topological polar surface area (TPSA) is 77.1 Å². The van der Waals surface area contributed by atoms with Crippen LogP contribution in [0, 0.1) is 0 Å². The van der Waals surface area contributed by atoms with Gasteiger partial charge in [-0.05, 0) is 29.8 Å². The Morgan fingerprint density at radius 3 is 2.68 bits per heavy atom. The lowest BCUT2D eigenvalue weighted by atomic mass is 10.1. The van der Waals surface area contributed by atoms with Gasteiger partial charge in [0.05, 0.1) is 11.9 Å². The number of hydrogen-bond donors (Lipinski definition) is 1. The number of nitrogens with one attached hydrogen (secondary N) is 1. The summed E-state index contributed by atoms with van der Waals surface area (Å²) in [6.07, 6.45) is 5.20. The highest BCUT2D eigenvalue weighted by Crippen LogP contribution is 2.20. The van der Waals surface area contributed by atoms with Crippen molar-refractivity contribution in [3.8, 4) is 0 Å². The predicted octanol–water partition coefficient (Wildman–Crippen LogP) is 2.21.